The molecule has 2 aliphatic rings. The van der Waals surface area contributed by atoms with Gasteiger partial charge in [-0.1, -0.05) is 36.4 Å². The zero-order valence-corrected chi connectivity index (χ0v) is 18.1. The van der Waals surface area contributed by atoms with E-state index in [9.17, 15) is 13.6 Å². The van der Waals surface area contributed by atoms with Gasteiger partial charge in [0.1, 0.15) is 5.82 Å². The van der Waals surface area contributed by atoms with Crippen LogP contribution in [-0.4, -0.2) is 34.5 Å². The Morgan fingerprint density at radius 1 is 1.13 bits per heavy atom. The molecule has 4 nitrogen and oxygen atoms in total. The van der Waals surface area contributed by atoms with Crippen molar-refractivity contribution in [2.24, 2.45) is 4.99 Å². The molecule has 0 unspecified atom stereocenters. The van der Waals surface area contributed by atoms with Crippen LogP contribution < -0.4 is 5.32 Å². The van der Waals surface area contributed by atoms with E-state index in [0.29, 0.717) is 5.82 Å². The zero-order chi connectivity index (χ0) is 22.2. The summed E-state index contributed by atoms with van der Waals surface area (Å²) in [4.78, 5) is 22.2. The number of aromatic nitrogens is 1. The van der Waals surface area contributed by atoms with Crippen LogP contribution in [-0.2, 0) is 4.79 Å². The molecule has 0 radical (unpaired) electrons. The maximum atomic E-state index is 13.3. The van der Waals surface area contributed by atoms with Crippen molar-refractivity contribution in [2.75, 3.05) is 11.9 Å². The van der Waals surface area contributed by atoms with Gasteiger partial charge in [-0.3, -0.25) is 9.79 Å². The van der Waals surface area contributed by atoms with Gasteiger partial charge in [0.25, 0.3) is 0 Å². The number of fused-ring (bicyclic) bond motifs is 2. The Balaban J connectivity index is 1.68. The lowest BCUT2D eigenvalue weighted by molar-refractivity contribution is -0.124. The summed E-state index contributed by atoms with van der Waals surface area (Å²) in [6, 6.07) is 9.90. The number of pyridine rings is 1. The molecule has 0 saturated heterocycles. The number of carbonyl (C=O) groups excluding carboxylic acids is 1. The fourth-order valence-corrected chi connectivity index (χ4v) is 4.05. The first-order valence-corrected chi connectivity index (χ1v) is 10.7. The molecule has 1 aliphatic carbocycles. The number of dihydropyridines is 1. The molecule has 1 aromatic carbocycles. The first-order valence-electron chi connectivity index (χ1n) is 10.7. The number of Topliss-reactive ketones (excluding diaryl/α,β-unsaturated/α-hetero) is 1. The summed E-state index contributed by atoms with van der Waals surface area (Å²) in [5.74, 6) is -2.55. The van der Waals surface area contributed by atoms with Gasteiger partial charge in [0.15, 0.2) is 5.78 Å². The summed E-state index contributed by atoms with van der Waals surface area (Å²) in [6.45, 7) is 5.10. The number of ketones is 1. The summed E-state index contributed by atoms with van der Waals surface area (Å²) in [5.41, 5.74) is 3.09. The molecule has 1 N–H and O–H groups in total. The third-order valence-corrected chi connectivity index (χ3v) is 5.82. The summed E-state index contributed by atoms with van der Waals surface area (Å²) in [7, 11) is 0. The van der Waals surface area contributed by atoms with Crippen LogP contribution in [0.5, 0.6) is 0 Å². The molecule has 0 atom stereocenters. The quantitative estimate of drug-likeness (QED) is 0.595. The maximum absolute atomic E-state index is 13.3. The minimum Gasteiger partial charge on any atom is -0.358 e. The van der Waals surface area contributed by atoms with Gasteiger partial charge in [-0.2, -0.15) is 0 Å². The Labute approximate surface area is 181 Å². The number of aliphatic imine (C=N–C) groups is 1. The molecular weight excluding hydrogens is 396 g/mol. The fourth-order valence-electron chi connectivity index (χ4n) is 4.05. The fraction of sp³-hybridized carbons (Fsp3) is 0.400. The van der Waals surface area contributed by atoms with Gasteiger partial charge in [0.2, 0.25) is 5.92 Å². The Hall–Kier alpha value is -2.89. The first-order chi connectivity index (χ1) is 14.6. The van der Waals surface area contributed by atoms with E-state index in [0.717, 1.165) is 59.6 Å². The standard InChI is InChI=1S/C25H27F2N3O/c1-24(2,22(31)12-13-25(3,26)27)30-23-17-8-5-4-7-16(17)15-21(29-23)19-10-11-20-18(19)9-6-14-28-20/h4-5,7-10,15H,6,11-14H2,1-3H3,(H,29,30). The van der Waals surface area contributed by atoms with E-state index in [-0.39, 0.29) is 12.2 Å². The molecule has 0 saturated carbocycles. The molecule has 0 bridgehead atoms. The van der Waals surface area contributed by atoms with Crippen LogP contribution in [0.4, 0.5) is 14.6 Å². The Morgan fingerprint density at radius 3 is 2.68 bits per heavy atom. The molecule has 1 aliphatic heterocycles. The largest absolute Gasteiger partial charge is 0.358 e. The third kappa shape index (κ3) is 4.58. The summed E-state index contributed by atoms with van der Waals surface area (Å²) in [6.07, 6.45) is 5.42. The van der Waals surface area contributed by atoms with Crippen LogP contribution in [0.3, 0.4) is 0 Å². The lowest BCUT2D eigenvalue weighted by Gasteiger charge is -2.27. The highest BCUT2D eigenvalue weighted by Gasteiger charge is 2.32. The van der Waals surface area contributed by atoms with Crippen LogP contribution in [0.1, 0.15) is 52.1 Å². The van der Waals surface area contributed by atoms with Crippen molar-refractivity contribution in [3.8, 4) is 0 Å². The monoisotopic (exact) mass is 423 g/mol. The van der Waals surface area contributed by atoms with E-state index in [1.54, 1.807) is 13.8 Å². The second kappa shape index (κ2) is 7.98. The normalized spacial score (nSPS) is 16.5. The first kappa shape index (κ1) is 21.3. The summed E-state index contributed by atoms with van der Waals surface area (Å²) >= 11 is 0. The van der Waals surface area contributed by atoms with Gasteiger partial charge in [0, 0.05) is 48.1 Å². The molecule has 2 aromatic rings. The number of nitrogens with zero attached hydrogens (tertiary/aromatic N) is 2. The van der Waals surface area contributed by atoms with Crippen molar-refractivity contribution in [2.45, 2.75) is 57.9 Å². The SMILES string of the molecule is CC(F)(F)CCC(=O)C(C)(C)Nc1nc(C2=CCC3=NCCC=C23)cc2ccccc12. The number of hydrogen-bond acceptors (Lipinski definition) is 4. The minimum atomic E-state index is -2.86. The number of anilines is 1. The Bertz CT molecular complexity index is 1120. The second-order valence-corrected chi connectivity index (χ2v) is 8.88. The molecular formula is C25H27F2N3O. The molecule has 162 valence electrons. The predicted molar refractivity (Wildman–Crippen MR) is 122 cm³/mol. The average molecular weight is 424 g/mol. The molecule has 0 fully saturated rings. The minimum absolute atomic E-state index is 0.195. The van der Waals surface area contributed by atoms with Crippen molar-refractivity contribution in [3.63, 3.8) is 0 Å². The topological polar surface area (TPSA) is 54.4 Å². The van der Waals surface area contributed by atoms with Crippen molar-refractivity contribution in [1.29, 1.82) is 0 Å². The van der Waals surface area contributed by atoms with Crippen LogP contribution >= 0.6 is 0 Å². The highest BCUT2D eigenvalue weighted by Crippen LogP contribution is 2.36. The summed E-state index contributed by atoms with van der Waals surface area (Å²) in [5, 5.41) is 5.14. The number of rotatable bonds is 7. The van der Waals surface area contributed by atoms with Gasteiger partial charge in [-0.25, -0.2) is 13.8 Å². The number of allylic oxidation sites excluding steroid dienone is 3. The van der Waals surface area contributed by atoms with Crippen LogP contribution in [0.25, 0.3) is 16.3 Å². The van der Waals surface area contributed by atoms with Crippen LogP contribution in [0.2, 0.25) is 0 Å². The lowest BCUT2D eigenvalue weighted by atomic mass is 9.93. The van der Waals surface area contributed by atoms with E-state index in [2.05, 4.69) is 28.5 Å². The number of carbonyl (C=O) groups is 1. The molecule has 31 heavy (non-hydrogen) atoms. The van der Waals surface area contributed by atoms with Crippen LogP contribution in [0.15, 0.2) is 53.0 Å². The van der Waals surface area contributed by atoms with Crippen LogP contribution in [0, 0.1) is 0 Å². The maximum Gasteiger partial charge on any atom is 0.245 e. The number of alkyl halides is 2. The smallest absolute Gasteiger partial charge is 0.245 e. The molecule has 6 heteroatoms. The van der Waals surface area contributed by atoms with E-state index in [4.69, 9.17) is 4.98 Å². The molecule has 4 rings (SSSR count). The Kier molecular flexibility index (Phi) is 5.50. The van der Waals surface area contributed by atoms with E-state index in [1.807, 2.05) is 24.3 Å². The van der Waals surface area contributed by atoms with Gasteiger partial charge in [-0.05, 0) is 38.6 Å². The molecule has 1 aromatic heterocycles. The van der Waals surface area contributed by atoms with E-state index in [1.165, 1.54) is 0 Å². The predicted octanol–water partition coefficient (Wildman–Crippen LogP) is 5.99. The lowest BCUT2D eigenvalue weighted by Crippen LogP contribution is -2.41. The Morgan fingerprint density at radius 2 is 1.90 bits per heavy atom. The number of hydrogen-bond donors (Lipinski definition) is 1. The third-order valence-electron chi connectivity index (χ3n) is 5.82. The molecule has 2 heterocycles. The van der Waals surface area contributed by atoms with E-state index < -0.39 is 17.9 Å². The molecule has 0 spiro atoms. The van der Waals surface area contributed by atoms with Crippen molar-refractivity contribution >= 4 is 33.7 Å². The van der Waals surface area contributed by atoms with Gasteiger partial charge < -0.3 is 5.32 Å². The number of halogens is 2. The number of benzene rings is 1. The second-order valence-electron chi connectivity index (χ2n) is 8.88. The van der Waals surface area contributed by atoms with Gasteiger partial charge in [-0.15, -0.1) is 0 Å². The highest BCUT2D eigenvalue weighted by atomic mass is 19.3. The average Bonchev–Trinajstić information content (AvgIpc) is 3.15. The highest BCUT2D eigenvalue weighted by molar-refractivity contribution is 6.18. The van der Waals surface area contributed by atoms with Crippen molar-refractivity contribution in [3.05, 3.63) is 53.8 Å². The van der Waals surface area contributed by atoms with Gasteiger partial charge in [0.05, 0.1) is 11.2 Å². The van der Waals surface area contributed by atoms with Crippen molar-refractivity contribution < 1.29 is 13.6 Å². The molecule has 0 amide bonds. The summed E-state index contributed by atoms with van der Waals surface area (Å²) < 4.78 is 26.5. The number of nitrogens with one attached hydrogen (secondary N) is 1. The van der Waals surface area contributed by atoms with Gasteiger partial charge >= 0.3 is 0 Å². The van der Waals surface area contributed by atoms with E-state index >= 15 is 0 Å². The zero-order valence-electron chi connectivity index (χ0n) is 18.1. The van der Waals surface area contributed by atoms with Crippen molar-refractivity contribution in [1.82, 2.24) is 4.98 Å².